The normalized spacial score (nSPS) is 15.4. The molecule has 7 nitrogen and oxygen atoms in total. The average molecular weight is 390 g/mol. The first-order valence-electron chi connectivity index (χ1n) is 8.49. The van der Waals surface area contributed by atoms with Gasteiger partial charge in [-0.1, -0.05) is 0 Å². The molecule has 1 saturated heterocycles. The van der Waals surface area contributed by atoms with Crippen molar-refractivity contribution in [3.05, 3.63) is 47.5 Å². The number of amides is 1. The second-order valence-corrected chi connectivity index (χ2v) is 8.31. The van der Waals surface area contributed by atoms with E-state index < -0.39 is 10.0 Å². The van der Waals surface area contributed by atoms with Crippen molar-refractivity contribution in [3.8, 4) is 11.5 Å². The molecular formula is C19H22N2O5S. The average Bonchev–Trinajstić information content (AvgIpc) is 3.01. The molecule has 1 aliphatic rings. The molecule has 2 aromatic rings. The van der Waals surface area contributed by atoms with Crippen molar-refractivity contribution in [2.75, 3.05) is 36.1 Å². The third-order valence-corrected chi connectivity index (χ3v) is 6.33. The van der Waals surface area contributed by atoms with Gasteiger partial charge in [-0.05, 0) is 49.2 Å². The molecule has 0 spiro atoms. The number of carbonyl (C=O) groups excluding carboxylic acids is 1. The molecule has 0 unspecified atom stereocenters. The lowest BCUT2D eigenvalue weighted by Crippen LogP contribution is -2.25. The molecular weight excluding hydrogens is 368 g/mol. The van der Waals surface area contributed by atoms with Crippen molar-refractivity contribution in [1.29, 1.82) is 0 Å². The Balaban J connectivity index is 1.83. The fourth-order valence-corrected chi connectivity index (χ4v) is 4.56. The Morgan fingerprint density at radius 3 is 2.26 bits per heavy atom. The number of sulfonamides is 1. The minimum absolute atomic E-state index is 0.169. The topological polar surface area (TPSA) is 84.9 Å². The SMILES string of the molecule is COc1cc(OC)cc(C(=O)Nc2ccc(N3CCCS3(=O)=O)cc2C)c1. The molecule has 0 aliphatic carbocycles. The molecule has 0 saturated carbocycles. The van der Waals surface area contributed by atoms with Gasteiger partial charge in [0.25, 0.3) is 5.91 Å². The summed E-state index contributed by atoms with van der Waals surface area (Å²) < 4.78 is 35.9. The zero-order valence-corrected chi connectivity index (χ0v) is 16.3. The Morgan fingerprint density at radius 2 is 1.74 bits per heavy atom. The van der Waals surface area contributed by atoms with Gasteiger partial charge >= 0.3 is 0 Å². The van der Waals surface area contributed by atoms with Crippen LogP contribution in [0, 0.1) is 6.92 Å². The highest BCUT2D eigenvalue weighted by Gasteiger charge is 2.28. The van der Waals surface area contributed by atoms with Gasteiger partial charge in [-0.3, -0.25) is 9.10 Å². The number of hydrogen-bond acceptors (Lipinski definition) is 5. The predicted molar refractivity (Wildman–Crippen MR) is 104 cm³/mol. The lowest BCUT2D eigenvalue weighted by molar-refractivity contribution is 0.102. The van der Waals surface area contributed by atoms with Crippen LogP contribution in [0.25, 0.3) is 0 Å². The van der Waals surface area contributed by atoms with Crippen LogP contribution >= 0.6 is 0 Å². The van der Waals surface area contributed by atoms with Gasteiger partial charge < -0.3 is 14.8 Å². The van der Waals surface area contributed by atoms with E-state index >= 15 is 0 Å². The molecule has 144 valence electrons. The van der Waals surface area contributed by atoms with Gasteiger partial charge in [-0.2, -0.15) is 0 Å². The van der Waals surface area contributed by atoms with Crippen LogP contribution in [0.2, 0.25) is 0 Å². The number of carbonyl (C=O) groups is 1. The van der Waals surface area contributed by atoms with Crippen molar-refractivity contribution in [3.63, 3.8) is 0 Å². The van der Waals surface area contributed by atoms with Gasteiger partial charge in [0.2, 0.25) is 10.0 Å². The largest absolute Gasteiger partial charge is 0.497 e. The van der Waals surface area contributed by atoms with Crippen LogP contribution in [0.1, 0.15) is 22.3 Å². The van der Waals surface area contributed by atoms with Gasteiger partial charge in [0, 0.05) is 23.9 Å². The molecule has 0 radical (unpaired) electrons. The highest BCUT2D eigenvalue weighted by Crippen LogP contribution is 2.29. The van der Waals surface area contributed by atoms with Crippen LogP contribution in [0.3, 0.4) is 0 Å². The van der Waals surface area contributed by atoms with Gasteiger partial charge in [0.05, 0.1) is 25.7 Å². The first-order chi connectivity index (χ1) is 12.8. The first-order valence-corrected chi connectivity index (χ1v) is 10.1. The van der Waals surface area contributed by atoms with Crippen LogP contribution in [0.4, 0.5) is 11.4 Å². The first kappa shape index (κ1) is 19.0. The molecule has 1 N–H and O–H groups in total. The van der Waals surface area contributed by atoms with E-state index in [2.05, 4.69) is 5.32 Å². The van der Waals surface area contributed by atoms with Crippen molar-refractivity contribution in [2.24, 2.45) is 0 Å². The van der Waals surface area contributed by atoms with E-state index in [1.165, 1.54) is 18.5 Å². The number of anilines is 2. The molecule has 0 atom stereocenters. The summed E-state index contributed by atoms with van der Waals surface area (Å²) in [7, 11) is -0.194. The predicted octanol–water partition coefficient (Wildman–Crippen LogP) is 2.80. The van der Waals surface area contributed by atoms with Gasteiger partial charge in [-0.25, -0.2) is 8.42 Å². The Hall–Kier alpha value is -2.74. The summed E-state index contributed by atoms with van der Waals surface area (Å²) in [5.41, 5.74) is 2.41. The Kier molecular flexibility index (Phi) is 5.27. The molecule has 1 amide bonds. The summed E-state index contributed by atoms with van der Waals surface area (Å²) >= 11 is 0. The maximum absolute atomic E-state index is 12.6. The lowest BCUT2D eigenvalue weighted by Gasteiger charge is -2.19. The maximum Gasteiger partial charge on any atom is 0.255 e. The highest BCUT2D eigenvalue weighted by molar-refractivity contribution is 7.93. The lowest BCUT2D eigenvalue weighted by atomic mass is 10.1. The third kappa shape index (κ3) is 4.00. The van der Waals surface area contributed by atoms with Gasteiger partial charge in [-0.15, -0.1) is 0 Å². The van der Waals surface area contributed by atoms with Crippen molar-refractivity contribution in [2.45, 2.75) is 13.3 Å². The number of methoxy groups -OCH3 is 2. The number of hydrogen-bond donors (Lipinski definition) is 1. The number of nitrogens with zero attached hydrogens (tertiary/aromatic N) is 1. The number of benzene rings is 2. The Bertz CT molecular complexity index is 950. The van der Waals surface area contributed by atoms with Crippen molar-refractivity contribution in [1.82, 2.24) is 0 Å². The zero-order valence-electron chi connectivity index (χ0n) is 15.5. The maximum atomic E-state index is 12.6. The molecule has 0 bridgehead atoms. The molecule has 3 rings (SSSR count). The minimum Gasteiger partial charge on any atom is -0.497 e. The van der Waals surface area contributed by atoms with Crippen LogP contribution in [-0.2, 0) is 10.0 Å². The zero-order chi connectivity index (χ0) is 19.6. The summed E-state index contributed by atoms with van der Waals surface area (Å²) in [5, 5.41) is 2.85. The van der Waals surface area contributed by atoms with Crippen LogP contribution in [0.15, 0.2) is 36.4 Å². The highest BCUT2D eigenvalue weighted by atomic mass is 32.2. The number of ether oxygens (including phenoxy) is 2. The summed E-state index contributed by atoms with van der Waals surface area (Å²) in [6, 6.07) is 10.1. The second-order valence-electron chi connectivity index (χ2n) is 6.30. The minimum atomic E-state index is -3.23. The Morgan fingerprint density at radius 1 is 1.07 bits per heavy atom. The van der Waals surface area contributed by atoms with Crippen LogP contribution < -0.4 is 19.1 Å². The molecule has 27 heavy (non-hydrogen) atoms. The quantitative estimate of drug-likeness (QED) is 0.849. The number of rotatable bonds is 5. The van der Waals surface area contributed by atoms with E-state index in [1.807, 2.05) is 6.92 Å². The fraction of sp³-hybridized carbons (Fsp3) is 0.316. The smallest absolute Gasteiger partial charge is 0.255 e. The Labute approximate surface area is 158 Å². The molecule has 2 aromatic carbocycles. The van der Waals surface area contributed by atoms with E-state index in [0.717, 1.165) is 5.56 Å². The summed E-state index contributed by atoms with van der Waals surface area (Å²) in [6.45, 7) is 2.31. The van der Waals surface area contributed by atoms with E-state index in [-0.39, 0.29) is 11.7 Å². The molecule has 1 fully saturated rings. The molecule has 1 heterocycles. The van der Waals surface area contributed by atoms with Crippen molar-refractivity contribution < 1.29 is 22.7 Å². The van der Waals surface area contributed by atoms with E-state index in [0.29, 0.717) is 41.4 Å². The van der Waals surface area contributed by atoms with E-state index in [9.17, 15) is 13.2 Å². The van der Waals surface area contributed by atoms with Crippen molar-refractivity contribution >= 4 is 27.3 Å². The second kappa shape index (κ2) is 7.48. The van der Waals surface area contributed by atoms with Crippen LogP contribution in [-0.4, -0.2) is 40.8 Å². The molecule has 8 heteroatoms. The summed E-state index contributed by atoms with van der Waals surface area (Å²) in [4.78, 5) is 12.6. The third-order valence-electron chi connectivity index (χ3n) is 4.46. The van der Waals surface area contributed by atoms with Gasteiger partial charge in [0.1, 0.15) is 11.5 Å². The number of nitrogens with one attached hydrogen (secondary N) is 1. The standard InChI is InChI=1S/C19H22N2O5S/c1-13-9-15(21-7-4-8-27(21,23)24)5-6-18(13)20-19(22)14-10-16(25-2)12-17(11-14)26-3/h5-6,9-12H,4,7-8H2,1-3H3,(H,20,22). The van der Waals surface area contributed by atoms with E-state index in [4.69, 9.17) is 9.47 Å². The monoisotopic (exact) mass is 390 g/mol. The van der Waals surface area contributed by atoms with E-state index in [1.54, 1.807) is 36.4 Å². The molecule has 0 aromatic heterocycles. The van der Waals surface area contributed by atoms with Gasteiger partial charge in [0.15, 0.2) is 0 Å². The summed E-state index contributed by atoms with van der Waals surface area (Å²) in [6.07, 6.45) is 0.623. The summed E-state index contributed by atoms with van der Waals surface area (Å²) in [5.74, 6) is 0.899. The fourth-order valence-electron chi connectivity index (χ4n) is 3.01. The number of aryl methyl sites for hydroxylation is 1. The molecule has 1 aliphatic heterocycles. The van der Waals surface area contributed by atoms with Crippen LogP contribution in [0.5, 0.6) is 11.5 Å².